The quantitative estimate of drug-likeness (QED) is 0.693. The van der Waals surface area contributed by atoms with E-state index >= 15 is 0 Å². The normalized spacial score (nSPS) is 16.2. The van der Waals surface area contributed by atoms with Crippen LogP contribution >= 0.6 is 0 Å². The molecule has 0 saturated heterocycles. The molecule has 0 amide bonds. The molecule has 1 heterocycles. The third-order valence-corrected chi connectivity index (χ3v) is 2.96. The SMILES string of the molecule is O=C1C(=Cc2cccnc2)Cc2ccccc21. The molecule has 0 atom stereocenters. The largest absolute Gasteiger partial charge is 0.289 e. The van der Waals surface area contributed by atoms with Gasteiger partial charge in [-0.15, -0.1) is 0 Å². The van der Waals surface area contributed by atoms with Crippen molar-refractivity contribution in [3.63, 3.8) is 0 Å². The maximum atomic E-state index is 12.1. The van der Waals surface area contributed by atoms with E-state index in [9.17, 15) is 4.79 Å². The molecule has 2 nitrogen and oxygen atoms in total. The van der Waals surface area contributed by atoms with E-state index in [-0.39, 0.29) is 5.78 Å². The highest BCUT2D eigenvalue weighted by Gasteiger charge is 2.23. The lowest BCUT2D eigenvalue weighted by Crippen LogP contribution is -1.94. The molecule has 0 radical (unpaired) electrons. The number of pyridine rings is 1. The third-order valence-electron chi connectivity index (χ3n) is 2.96. The van der Waals surface area contributed by atoms with Gasteiger partial charge in [0.25, 0.3) is 0 Å². The minimum absolute atomic E-state index is 0.143. The fraction of sp³-hybridized carbons (Fsp3) is 0.0667. The van der Waals surface area contributed by atoms with E-state index in [1.54, 1.807) is 12.4 Å². The molecule has 0 unspecified atom stereocenters. The number of carbonyl (C=O) groups excluding carboxylic acids is 1. The average Bonchev–Trinajstić information content (AvgIpc) is 2.68. The molecule has 1 aromatic carbocycles. The standard InChI is InChI=1S/C15H11NO/c17-15-13(8-11-4-3-7-16-10-11)9-12-5-1-2-6-14(12)15/h1-8,10H,9H2. The summed E-state index contributed by atoms with van der Waals surface area (Å²) in [5.41, 5.74) is 3.78. The maximum absolute atomic E-state index is 12.1. The van der Waals surface area contributed by atoms with Gasteiger partial charge in [-0.25, -0.2) is 0 Å². The van der Waals surface area contributed by atoms with E-state index in [0.29, 0.717) is 0 Å². The summed E-state index contributed by atoms with van der Waals surface area (Å²) in [6.45, 7) is 0. The van der Waals surface area contributed by atoms with Crippen molar-refractivity contribution in [3.8, 4) is 0 Å². The number of benzene rings is 1. The summed E-state index contributed by atoms with van der Waals surface area (Å²) < 4.78 is 0. The van der Waals surface area contributed by atoms with Crippen LogP contribution in [0, 0.1) is 0 Å². The highest BCUT2D eigenvalue weighted by molar-refractivity contribution is 6.15. The molecule has 2 aromatic rings. The van der Waals surface area contributed by atoms with Crippen LogP contribution in [0.4, 0.5) is 0 Å². The van der Waals surface area contributed by atoms with Crippen molar-refractivity contribution in [2.24, 2.45) is 0 Å². The highest BCUT2D eigenvalue weighted by Crippen LogP contribution is 2.27. The summed E-state index contributed by atoms with van der Waals surface area (Å²) >= 11 is 0. The summed E-state index contributed by atoms with van der Waals surface area (Å²) in [7, 11) is 0. The van der Waals surface area contributed by atoms with Gasteiger partial charge in [0.2, 0.25) is 0 Å². The average molecular weight is 221 g/mol. The van der Waals surface area contributed by atoms with Gasteiger partial charge in [-0.3, -0.25) is 9.78 Å². The first-order valence-corrected chi connectivity index (χ1v) is 5.58. The number of hydrogen-bond acceptors (Lipinski definition) is 2. The minimum atomic E-state index is 0.143. The number of allylic oxidation sites excluding steroid dienone is 1. The monoisotopic (exact) mass is 221 g/mol. The van der Waals surface area contributed by atoms with Gasteiger partial charge in [0.05, 0.1) is 0 Å². The Morgan fingerprint density at radius 3 is 2.76 bits per heavy atom. The van der Waals surface area contributed by atoms with Crippen LogP contribution in [0.3, 0.4) is 0 Å². The van der Waals surface area contributed by atoms with Crippen LogP contribution in [0.1, 0.15) is 21.5 Å². The molecular formula is C15H11NO. The van der Waals surface area contributed by atoms with Crippen LogP contribution in [-0.4, -0.2) is 10.8 Å². The lowest BCUT2D eigenvalue weighted by Gasteiger charge is -1.95. The topological polar surface area (TPSA) is 30.0 Å². The van der Waals surface area contributed by atoms with Gasteiger partial charge >= 0.3 is 0 Å². The molecule has 1 aromatic heterocycles. The first-order chi connectivity index (χ1) is 8.34. The second-order valence-corrected chi connectivity index (χ2v) is 4.12. The number of ketones is 1. The van der Waals surface area contributed by atoms with Gasteiger partial charge in [-0.05, 0) is 23.3 Å². The first-order valence-electron chi connectivity index (χ1n) is 5.58. The lowest BCUT2D eigenvalue weighted by molar-refractivity contribution is 0.104. The fourth-order valence-corrected chi connectivity index (χ4v) is 2.13. The molecule has 0 bridgehead atoms. The van der Waals surface area contributed by atoms with Crippen molar-refractivity contribution >= 4 is 11.9 Å². The molecule has 3 rings (SSSR count). The second kappa shape index (κ2) is 3.98. The molecule has 1 aliphatic rings. The highest BCUT2D eigenvalue weighted by atomic mass is 16.1. The van der Waals surface area contributed by atoms with Crippen molar-refractivity contribution in [1.29, 1.82) is 0 Å². The molecule has 17 heavy (non-hydrogen) atoms. The maximum Gasteiger partial charge on any atom is 0.189 e. The molecule has 0 fully saturated rings. The van der Waals surface area contributed by atoms with Crippen molar-refractivity contribution in [1.82, 2.24) is 4.98 Å². The molecule has 82 valence electrons. The lowest BCUT2D eigenvalue weighted by atomic mass is 10.1. The Bertz CT molecular complexity index is 599. The molecular weight excluding hydrogens is 210 g/mol. The van der Waals surface area contributed by atoms with Gasteiger partial charge in [-0.1, -0.05) is 30.3 Å². The van der Waals surface area contributed by atoms with Crippen molar-refractivity contribution < 1.29 is 4.79 Å². The zero-order valence-electron chi connectivity index (χ0n) is 9.26. The predicted molar refractivity (Wildman–Crippen MR) is 66.7 cm³/mol. The number of hydrogen-bond donors (Lipinski definition) is 0. The van der Waals surface area contributed by atoms with Crippen LogP contribution in [-0.2, 0) is 6.42 Å². The van der Waals surface area contributed by atoms with Gasteiger partial charge in [0, 0.05) is 30.0 Å². The van der Waals surface area contributed by atoms with Crippen LogP contribution in [0.5, 0.6) is 0 Å². The smallest absolute Gasteiger partial charge is 0.189 e. The van der Waals surface area contributed by atoms with E-state index in [4.69, 9.17) is 0 Å². The summed E-state index contributed by atoms with van der Waals surface area (Å²) in [6.07, 6.45) is 6.15. The Labute approximate surface area is 99.6 Å². The number of aromatic nitrogens is 1. The van der Waals surface area contributed by atoms with Crippen LogP contribution in [0.15, 0.2) is 54.4 Å². The van der Waals surface area contributed by atoms with Gasteiger partial charge in [0.1, 0.15) is 0 Å². The molecule has 0 N–H and O–H groups in total. The van der Waals surface area contributed by atoms with E-state index in [1.807, 2.05) is 42.5 Å². The van der Waals surface area contributed by atoms with Crippen molar-refractivity contribution in [3.05, 3.63) is 71.1 Å². The van der Waals surface area contributed by atoms with Crippen LogP contribution in [0.25, 0.3) is 6.08 Å². The predicted octanol–water partition coefficient (Wildman–Crippen LogP) is 2.90. The van der Waals surface area contributed by atoms with E-state index in [2.05, 4.69) is 4.98 Å². The number of rotatable bonds is 1. The summed E-state index contributed by atoms with van der Waals surface area (Å²) in [5.74, 6) is 0.143. The van der Waals surface area contributed by atoms with E-state index < -0.39 is 0 Å². The van der Waals surface area contributed by atoms with Gasteiger partial charge in [-0.2, -0.15) is 0 Å². The van der Waals surface area contributed by atoms with Gasteiger partial charge in [0.15, 0.2) is 5.78 Å². The fourth-order valence-electron chi connectivity index (χ4n) is 2.13. The van der Waals surface area contributed by atoms with E-state index in [1.165, 1.54) is 0 Å². The Kier molecular flexibility index (Phi) is 2.33. The summed E-state index contributed by atoms with van der Waals surface area (Å²) in [6, 6.07) is 11.6. The zero-order valence-corrected chi connectivity index (χ0v) is 9.26. The minimum Gasteiger partial charge on any atom is -0.289 e. The Morgan fingerprint density at radius 1 is 1.12 bits per heavy atom. The number of nitrogens with zero attached hydrogens (tertiary/aromatic N) is 1. The van der Waals surface area contributed by atoms with Crippen molar-refractivity contribution in [2.75, 3.05) is 0 Å². The number of Topliss-reactive ketones (excluding diaryl/α,β-unsaturated/α-hetero) is 1. The molecule has 1 aliphatic carbocycles. The molecule has 0 aliphatic heterocycles. The third kappa shape index (κ3) is 1.78. The first kappa shape index (κ1) is 9.97. The van der Waals surface area contributed by atoms with Gasteiger partial charge < -0.3 is 0 Å². The zero-order chi connectivity index (χ0) is 11.7. The Morgan fingerprint density at radius 2 is 2.00 bits per heavy atom. The molecule has 0 saturated carbocycles. The summed E-state index contributed by atoms with van der Waals surface area (Å²) in [5, 5.41) is 0. The number of carbonyl (C=O) groups is 1. The molecule has 2 heteroatoms. The van der Waals surface area contributed by atoms with Crippen molar-refractivity contribution in [2.45, 2.75) is 6.42 Å². The molecule has 0 spiro atoms. The van der Waals surface area contributed by atoms with Crippen LogP contribution < -0.4 is 0 Å². The second-order valence-electron chi connectivity index (χ2n) is 4.12. The van der Waals surface area contributed by atoms with E-state index in [0.717, 1.165) is 28.7 Å². The number of fused-ring (bicyclic) bond motifs is 1. The van der Waals surface area contributed by atoms with Crippen LogP contribution in [0.2, 0.25) is 0 Å². The Balaban J connectivity index is 2.00. The Hall–Kier alpha value is -2.22. The summed E-state index contributed by atoms with van der Waals surface area (Å²) in [4.78, 5) is 16.2.